The van der Waals surface area contributed by atoms with Gasteiger partial charge >= 0.3 is 0 Å². The molecule has 0 unspecified atom stereocenters. The van der Waals surface area contributed by atoms with Crippen molar-refractivity contribution in [2.75, 3.05) is 33.8 Å². The van der Waals surface area contributed by atoms with Crippen molar-refractivity contribution in [1.29, 1.82) is 0 Å². The molecule has 6 nitrogen and oxygen atoms in total. The van der Waals surface area contributed by atoms with E-state index in [1.807, 2.05) is 31.6 Å². The summed E-state index contributed by atoms with van der Waals surface area (Å²) in [6.07, 6.45) is 5.90. The van der Waals surface area contributed by atoms with Crippen molar-refractivity contribution in [2.45, 2.75) is 26.3 Å². The second-order valence-electron chi connectivity index (χ2n) is 5.70. The quantitative estimate of drug-likeness (QED) is 0.658. The van der Waals surface area contributed by atoms with E-state index in [1.165, 1.54) is 5.56 Å². The zero-order chi connectivity index (χ0) is 16.5. The minimum absolute atomic E-state index is 0.675. The third-order valence-corrected chi connectivity index (χ3v) is 3.67. The van der Waals surface area contributed by atoms with Gasteiger partial charge in [0, 0.05) is 43.0 Å². The molecule has 0 bridgehead atoms. The van der Waals surface area contributed by atoms with Crippen LogP contribution in [0.1, 0.15) is 25.3 Å². The number of likely N-dealkylation sites (N-methyl/N-ethyl adjacent to an activating group) is 2. The van der Waals surface area contributed by atoms with Gasteiger partial charge < -0.3 is 15.0 Å². The van der Waals surface area contributed by atoms with Gasteiger partial charge in [-0.05, 0) is 26.6 Å². The van der Waals surface area contributed by atoms with Crippen molar-refractivity contribution < 1.29 is 4.74 Å². The lowest BCUT2D eigenvalue weighted by Gasteiger charge is -2.16. The summed E-state index contributed by atoms with van der Waals surface area (Å²) in [4.78, 5) is 6.65. The standard InChI is InChI=1S/C17H27N5O/c1-4-5-10-23-16-7-6-14(11-19-16)17-15(12-20-21-17)13-22(3)9-8-18-2/h6-7,11-12,18H,4-5,8-10,13H2,1-3H3,(H,20,21). The summed E-state index contributed by atoms with van der Waals surface area (Å²) in [5, 5.41) is 10.4. The fourth-order valence-electron chi connectivity index (χ4n) is 2.29. The van der Waals surface area contributed by atoms with Gasteiger partial charge in [0.05, 0.1) is 18.5 Å². The molecule has 23 heavy (non-hydrogen) atoms. The van der Waals surface area contributed by atoms with Crippen LogP contribution < -0.4 is 10.1 Å². The van der Waals surface area contributed by atoms with Crippen LogP contribution in [0.15, 0.2) is 24.5 Å². The molecule has 0 amide bonds. The molecule has 0 radical (unpaired) electrons. The normalized spacial score (nSPS) is 11.1. The van der Waals surface area contributed by atoms with Crippen LogP contribution in [0, 0.1) is 0 Å². The number of hydrogen-bond acceptors (Lipinski definition) is 5. The van der Waals surface area contributed by atoms with Gasteiger partial charge in [-0.3, -0.25) is 5.10 Å². The molecule has 2 rings (SSSR count). The fourth-order valence-corrected chi connectivity index (χ4v) is 2.29. The van der Waals surface area contributed by atoms with E-state index >= 15 is 0 Å². The zero-order valence-electron chi connectivity index (χ0n) is 14.3. The molecular weight excluding hydrogens is 290 g/mol. The van der Waals surface area contributed by atoms with Crippen molar-refractivity contribution in [3.05, 3.63) is 30.1 Å². The van der Waals surface area contributed by atoms with Gasteiger partial charge in [-0.2, -0.15) is 5.10 Å². The molecule has 6 heteroatoms. The van der Waals surface area contributed by atoms with Gasteiger partial charge in [-0.15, -0.1) is 0 Å². The van der Waals surface area contributed by atoms with E-state index in [4.69, 9.17) is 4.74 Å². The Labute approximate surface area is 138 Å². The highest BCUT2D eigenvalue weighted by atomic mass is 16.5. The molecule has 2 aromatic heterocycles. The molecule has 0 saturated carbocycles. The van der Waals surface area contributed by atoms with Crippen LogP contribution in [0.25, 0.3) is 11.3 Å². The van der Waals surface area contributed by atoms with E-state index in [0.717, 1.165) is 43.7 Å². The molecule has 0 aromatic carbocycles. The maximum atomic E-state index is 5.61. The minimum Gasteiger partial charge on any atom is -0.478 e. The highest BCUT2D eigenvalue weighted by molar-refractivity contribution is 5.61. The minimum atomic E-state index is 0.675. The lowest BCUT2D eigenvalue weighted by atomic mass is 10.1. The molecule has 0 aliphatic rings. The summed E-state index contributed by atoms with van der Waals surface area (Å²) in [7, 11) is 4.07. The number of pyridine rings is 1. The molecular formula is C17H27N5O. The Morgan fingerprint density at radius 3 is 2.87 bits per heavy atom. The molecule has 2 aromatic rings. The van der Waals surface area contributed by atoms with Gasteiger partial charge in [0.2, 0.25) is 5.88 Å². The fraction of sp³-hybridized carbons (Fsp3) is 0.529. The summed E-state index contributed by atoms with van der Waals surface area (Å²) >= 11 is 0. The second-order valence-corrected chi connectivity index (χ2v) is 5.70. The maximum Gasteiger partial charge on any atom is 0.213 e. The number of aromatic amines is 1. The van der Waals surface area contributed by atoms with Crippen LogP contribution in [0.2, 0.25) is 0 Å². The van der Waals surface area contributed by atoms with Crippen LogP contribution in [-0.2, 0) is 6.54 Å². The Morgan fingerprint density at radius 2 is 2.17 bits per heavy atom. The van der Waals surface area contributed by atoms with Gasteiger partial charge in [0.25, 0.3) is 0 Å². The summed E-state index contributed by atoms with van der Waals surface area (Å²) in [6, 6.07) is 3.94. The Bertz CT molecular complexity index is 567. The number of hydrogen-bond donors (Lipinski definition) is 2. The van der Waals surface area contributed by atoms with E-state index in [1.54, 1.807) is 0 Å². The van der Waals surface area contributed by atoms with Gasteiger partial charge in [0.15, 0.2) is 0 Å². The van der Waals surface area contributed by atoms with Crippen LogP contribution in [0.5, 0.6) is 5.88 Å². The van der Waals surface area contributed by atoms with E-state index in [-0.39, 0.29) is 0 Å². The van der Waals surface area contributed by atoms with E-state index in [9.17, 15) is 0 Å². The highest BCUT2D eigenvalue weighted by Crippen LogP contribution is 2.22. The Kier molecular flexibility index (Phi) is 7.03. The Morgan fingerprint density at radius 1 is 1.30 bits per heavy atom. The lowest BCUT2D eigenvalue weighted by molar-refractivity contribution is 0.298. The molecule has 126 valence electrons. The molecule has 2 N–H and O–H groups in total. The second kappa shape index (κ2) is 9.27. The third-order valence-electron chi connectivity index (χ3n) is 3.67. The number of nitrogens with zero attached hydrogens (tertiary/aromatic N) is 3. The van der Waals surface area contributed by atoms with E-state index < -0.39 is 0 Å². The van der Waals surface area contributed by atoms with Crippen molar-refractivity contribution in [3.63, 3.8) is 0 Å². The first-order chi connectivity index (χ1) is 11.2. The third kappa shape index (κ3) is 5.33. The highest BCUT2D eigenvalue weighted by Gasteiger charge is 2.10. The molecule has 0 atom stereocenters. The number of ether oxygens (including phenoxy) is 1. The summed E-state index contributed by atoms with van der Waals surface area (Å²) in [5.74, 6) is 0.675. The zero-order valence-corrected chi connectivity index (χ0v) is 14.3. The predicted octanol–water partition coefficient (Wildman–Crippen LogP) is 2.30. The molecule has 0 aliphatic carbocycles. The first-order valence-electron chi connectivity index (χ1n) is 8.19. The van der Waals surface area contributed by atoms with Crippen LogP contribution in [0.3, 0.4) is 0 Å². The van der Waals surface area contributed by atoms with Crippen LogP contribution in [0.4, 0.5) is 0 Å². The SMILES string of the molecule is CCCCOc1ccc(-c2[nH]ncc2CN(C)CCNC)cn1. The predicted molar refractivity (Wildman–Crippen MR) is 92.5 cm³/mol. The average molecular weight is 317 g/mol. The van der Waals surface area contributed by atoms with Crippen molar-refractivity contribution in [1.82, 2.24) is 25.4 Å². The lowest BCUT2D eigenvalue weighted by Crippen LogP contribution is -2.26. The number of nitrogens with one attached hydrogen (secondary N) is 2. The van der Waals surface area contributed by atoms with Gasteiger partial charge in [-0.1, -0.05) is 13.3 Å². The number of H-pyrrole nitrogens is 1. The number of rotatable bonds is 10. The average Bonchev–Trinajstić information content (AvgIpc) is 3.02. The van der Waals surface area contributed by atoms with Gasteiger partial charge in [-0.25, -0.2) is 4.98 Å². The van der Waals surface area contributed by atoms with Crippen molar-refractivity contribution in [3.8, 4) is 17.1 Å². The van der Waals surface area contributed by atoms with Crippen molar-refractivity contribution >= 4 is 0 Å². The Balaban J connectivity index is 2.00. The molecule has 2 heterocycles. The van der Waals surface area contributed by atoms with Crippen molar-refractivity contribution in [2.24, 2.45) is 0 Å². The number of unbranched alkanes of at least 4 members (excludes halogenated alkanes) is 1. The summed E-state index contributed by atoms with van der Waals surface area (Å²) in [6.45, 7) is 5.67. The first-order valence-corrected chi connectivity index (χ1v) is 8.19. The summed E-state index contributed by atoms with van der Waals surface area (Å²) < 4.78 is 5.61. The van der Waals surface area contributed by atoms with Crippen LogP contribution >= 0.6 is 0 Å². The van der Waals surface area contributed by atoms with E-state index in [0.29, 0.717) is 12.5 Å². The summed E-state index contributed by atoms with van der Waals surface area (Å²) in [5.41, 5.74) is 3.22. The molecule has 0 fully saturated rings. The first kappa shape index (κ1) is 17.4. The largest absolute Gasteiger partial charge is 0.478 e. The molecule has 0 aliphatic heterocycles. The van der Waals surface area contributed by atoms with Crippen LogP contribution in [-0.4, -0.2) is 53.9 Å². The smallest absolute Gasteiger partial charge is 0.213 e. The van der Waals surface area contributed by atoms with Gasteiger partial charge in [0.1, 0.15) is 0 Å². The Hall–Kier alpha value is -1.92. The van der Waals surface area contributed by atoms with E-state index in [2.05, 4.69) is 39.4 Å². The maximum absolute atomic E-state index is 5.61. The molecule has 0 saturated heterocycles. The topological polar surface area (TPSA) is 66.1 Å². The monoisotopic (exact) mass is 317 g/mol. The number of aromatic nitrogens is 3. The molecule has 0 spiro atoms.